The Morgan fingerprint density at radius 3 is 2.06 bits per heavy atom. The van der Waals surface area contributed by atoms with Crippen molar-refractivity contribution in [2.24, 2.45) is 16.7 Å². The zero-order valence-electron chi connectivity index (χ0n) is 22.6. The van der Waals surface area contributed by atoms with Crippen LogP contribution in [-0.4, -0.2) is 68.8 Å². The molecule has 2 saturated heterocycles. The predicted molar refractivity (Wildman–Crippen MR) is 153 cm³/mol. The van der Waals surface area contributed by atoms with E-state index >= 15 is 0 Å². The highest BCUT2D eigenvalue weighted by molar-refractivity contribution is 5.85. The highest BCUT2D eigenvalue weighted by Gasteiger charge is 2.40. The summed E-state index contributed by atoms with van der Waals surface area (Å²) in [5.74, 6) is 1.66. The molecule has 2 saturated carbocycles. The van der Waals surface area contributed by atoms with Crippen molar-refractivity contribution in [3.05, 3.63) is 29.3 Å². The third-order valence-electron chi connectivity index (χ3n) is 8.52. The Balaban J connectivity index is 0.00000171. The Bertz CT molecular complexity index is 796. The summed E-state index contributed by atoms with van der Waals surface area (Å²) in [7, 11) is 0. The smallest absolute Gasteiger partial charge is 0.0594 e. The Labute approximate surface area is 227 Å². The average Bonchev–Trinajstić information content (AvgIpc) is 3.57. The Kier molecular flexibility index (Phi) is 9.87. The molecule has 0 radical (unpaired) electrons. The van der Waals surface area contributed by atoms with Crippen molar-refractivity contribution in [2.45, 2.75) is 72.3 Å². The van der Waals surface area contributed by atoms with E-state index in [0.29, 0.717) is 16.7 Å². The molecule has 0 spiro atoms. The molecule has 2 heterocycles. The number of ether oxygens (including phenoxy) is 1. The molecule has 6 heteroatoms. The van der Waals surface area contributed by atoms with Crippen molar-refractivity contribution in [3.8, 4) is 0 Å². The first-order valence-corrected chi connectivity index (χ1v) is 13.7. The quantitative estimate of drug-likeness (QED) is 0.439. The lowest BCUT2D eigenvalue weighted by atomic mass is 9.60. The first-order chi connectivity index (χ1) is 15.8. The molecule has 0 unspecified atom stereocenters. The summed E-state index contributed by atoms with van der Waals surface area (Å²) in [6, 6.07) is 7.50. The molecular weight excluding hydrogens is 477 g/mol. The second-order valence-corrected chi connectivity index (χ2v) is 13.1. The van der Waals surface area contributed by atoms with Gasteiger partial charge in [-0.3, -0.25) is 9.80 Å². The van der Waals surface area contributed by atoms with Gasteiger partial charge in [0.05, 0.1) is 13.2 Å². The van der Waals surface area contributed by atoms with Crippen molar-refractivity contribution < 1.29 is 4.74 Å². The van der Waals surface area contributed by atoms with Gasteiger partial charge in [-0.25, -0.2) is 0 Å². The number of piperazine rings is 1. The van der Waals surface area contributed by atoms with Gasteiger partial charge in [-0.1, -0.05) is 39.8 Å². The maximum Gasteiger partial charge on any atom is 0.0594 e. The SMILES string of the molecule is CC1(C)CC(c2cc(CN3CCOCC3)ccc2N2CCN(CC3CC3)CC2)CC(C)(C)C1.Cl.Cl. The lowest BCUT2D eigenvalue weighted by molar-refractivity contribution is 0.0341. The summed E-state index contributed by atoms with van der Waals surface area (Å²) >= 11 is 0. The van der Waals surface area contributed by atoms with E-state index in [4.69, 9.17) is 4.74 Å². The van der Waals surface area contributed by atoms with Crippen molar-refractivity contribution in [1.29, 1.82) is 0 Å². The van der Waals surface area contributed by atoms with Gasteiger partial charge in [-0.05, 0) is 72.0 Å². The molecule has 200 valence electrons. The Hall–Kier alpha value is -0.520. The minimum absolute atomic E-state index is 0. The van der Waals surface area contributed by atoms with Crippen molar-refractivity contribution >= 4 is 30.5 Å². The van der Waals surface area contributed by atoms with Crippen LogP contribution in [0.3, 0.4) is 0 Å². The maximum atomic E-state index is 5.58. The molecule has 0 N–H and O–H groups in total. The molecule has 5 rings (SSSR count). The molecule has 0 amide bonds. The number of benzene rings is 1. The van der Waals surface area contributed by atoms with Crippen LogP contribution in [0.5, 0.6) is 0 Å². The molecule has 4 aliphatic rings. The average molecular weight is 527 g/mol. The van der Waals surface area contributed by atoms with Crippen molar-refractivity contribution in [2.75, 3.05) is 63.9 Å². The molecule has 0 bridgehead atoms. The van der Waals surface area contributed by atoms with Crippen LogP contribution in [-0.2, 0) is 11.3 Å². The first-order valence-electron chi connectivity index (χ1n) is 13.7. The number of morpholine rings is 1. The van der Waals surface area contributed by atoms with Crippen LogP contribution in [0, 0.1) is 16.7 Å². The Morgan fingerprint density at radius 1 is 0.829 bits per heavy atom. The summed E-state index contributed by atoms with van der Waals surface area (Å²) in [4.78, 5) is 7.99. The van der Waals surface area contributed by atoms with Gasteiger partial charge in [-0.15, -0.1) is 24.8 Å². The summed E-state index contributed by atoms with van der Waals surface area (Å²) < 4.78 is 5.58. The lowest BCUT2D eigenvalue weighted by Crippen LogP contribution is -2.47. The van der Waals surface area contributed by atoms with E-state index in [1.165, 1.54) is 76.1 Å². The third-order valence-corrected chi connectivity index (χ3v) is 8.52. The van der Waals surface area contributed by atoms with Gasteiger partial charge in [0.25, 0.3) is 0 Å². The highest BCUT2D eigenvalue weighted by Crippen LogP contribution is 2.53. The fourth-order valence-corrected chi connectivity index (χ4v) is 7.24. The monoisotopic (exact) mass is 525 g/mol. The molecule has 1 aromatic rings. The van der Waals surface area contributed by atoms with Gasteiger partial charge in [-0.2, -0.15) is 0 Å². The van der Waals surface area contributed by atoms with Gasteiger partial charge in [0.1, 0.15) is 0 Å². The predicted octanol–water partition coefficient (Wildman–Crippen LogP) is 6.21. The summed E-state index contributed by atoms with van der Waals surface area (Å²) in [6.07, 6.45) is 6.88. The molecule has 0 atom stereocenters. The van der Waals surface area contributed by atoms with Crippen LogP contribution in [0.15, 0.2) is 18.2 Å². The molecule has 4 fully saturated rings. The largest absolute Gasteiger partial charge is 0.379 e. The third kappa shape index (κ3) is 7.74. The normalized spacial score (nSPS) is 25.5. The Morgan fingerprint density at radius 2 is 1.46 bits per heavy atom. The van der Waals surface area contributed by atoms with Crippen molar-refractivity contribution in [3.63, 3.8) is 0 Å². The van der Waals surface area contributed by atoms with Crippen molar-refractivity contribution in [1.82, 2.24) is 9.80 Å². The molecule has 35 heavy (non-hydrogen) atoms. The van der Waals surface area contributed by atoms with Crippen LogP contribution in [0.1, 0.15) is 76.8 Å². The highest BCUT2D eigenvalue weighted by atomic mass is 35.5. The van der Waals surface area contributed by atoms with Crippen LogP contribution in [0.2, 0.25) is 0 Å². The molecule has 2 aliphatic carbocycles. The molecule has 1 aromatic carbocycles. The minimum Gasteiger partial charge on any atom is -0.379 e. The van der Waals surface area contributed by atoms with Gasteiger partial charge in [0, 0.05) is 58.0 Å². The van der Waals surface area contributed by atoms with E-state index in [2.05, 4.69) is 60.6 Å². The molecule has 0 aromatic heterocycles. The van der Waals surface area contributed by atoms with E-state index in [-0.39, 0.29) is 24.8 Å². The zero-order valence-corrected chi connectivity index (χ0v) is 24.2. The standard InChI is InChI=1S/C29H47N3O.2ClH/c1-28(2)18-25(19-29(3,4)22-28)26-17-24(21-31-13-15-33-16-14-31)7-8-27(26)32-11-9-30(10-12-32)20-23-5-6-23;;/h7-8,17,23,25H,5-6,9-16,18-22H2,1-4H3;2*1H. The fourth-order valence-electron chi connectivity index (χ4n) is 7.24. The summed E-state index contributed by atoms with van der Waals surface area (Å²) in [6.45, 7) is 21.1. The van der Waals surface area contributed by atoms with Crippen LogP contribution in [0.25, 0.3) is 0 Å². The lowest BCUT2D eigenvalue weighted by Gasteiger charge is -2.46. The summed E-state index contributed by atoms with van der Waals surface area (Å²) in [5, 5.41) is 0. The van der Waals surface area contributed by atoms with Crippen LogP contribution < -0.4 is 4.90 Å². The number of hydrogen-bond acceptors (Lipinski definition) is 4. The van der Waals surface area contributed by atoms with Gasteiger partial charge in [0.15, 0.2) is 0 Å². The number of halogens is 2. The summed E-state index contributed by atoms with van der Waals surface area (Å²) in [5.41, 5.74) is 5.48. The van der Waals surface area contributed by atoms with Gasteiger partial charge in [0.2, 0.25) is 0 Å². The topological polar surface area (TPSA) is 19.0 Å². The zero-order chi connectivity index (χ0) is 23.1. The number of hydrogen-bond donors (Lipinski definition) is 0. The number of rotatable bonds is 6. The van der Waals surface area contributed by atoms with E-state index in [0.717, 1.165) is 38.8 Å². The van der Waals surface area contributed by atoms with E-state index in [1.54, 1.807) is 5.56 Å². The van der Waals surface area contributed by atoms with E-state index < -0.39 is 0 Å². The van der Waals surface area contributed by atoms with E-state index in [1.807, 2.05) is 0 Å². The second kappa shape index (κ2) is 11.9. The van der Waals surface area contributed by atoms with E-state index in [9.17, 15) is 0 Å². The minimum atomic E-state index is 0. The first kappa shape index (κ1) is 29.0. The second-order valence-electron chi connectivity index (χ2n) is 13.1. The molecule has 2 aliphatic heterocycles. The molecular formula is C29H49Cl2N3O. The van der Waals surface area contributed by atoms with Gasteiger partial charge >= 0.3 is 0 Å². The number of nitrogens with zero attached hydrogens (tertiary/aromatic N) is 3. The number of anilines is 1. The van der Waals surface area contributed by atoms with Crippen LogP contribution in [0.4, 0.5) is 5.69 Å². The maximum absolute atomic E-state index is 5.58. The van der Waals surface area contributed by atoms with Gasteiger partial charge < -0.3 is 9.64 Å². The fraction of sp³-hybridized carbons (Fsp3) is 0.793. The molecule has 4 nitrogen and oxygen atoms in total. The van der Waals surface area contributed by atoms with Crippen LogP contribution >= 0.6 is 24.8 Å².